The zero-order valence-corrected chi connectivity index (χ0v) is 12.5. The molecule has 1 aromatic carbocycles. The first-order valence-electron chi connectivity index (χ1n) is 7.22. The highest BCUT2D eigenvalue weighted by Crippen LogP contribution is 2.23. The van der Waals surface area contributed by atoms with Gasteiger partial charge in [0.2, 0.25) is 0 Å². The largest absolute Gasteiger partial charge is 0.467 e. The van der Waals surface area contributed by atoms with Gasteiger partial charge in [-0.05, 0) is 30.2 Å². The Bertz CT molecular complexity index is 825. The van der Waals surface area contributed by atoms with Crippen molar-refractivity contribution in [3.8, 4) is 0 Å². The molecule has 0 spiro atoms. The van der Waals surface area contributed by atoms with E-state index >= 15 is 0 Å². The molecule has 5 nitrogen and oxygen atoms in total. The third-order valence-electron chi connectivity index (χ3n) is 3.85. The first-order chi connectivity index (χ1) is 11.1. The first-order valence-corrected chi connectivity index (χ1v) is 7.22. The van der Waals surface area contributed by atoms with E-state index in [1.54, 1.807) is 24.3 Å². The number of esters is 1. The van der Waals surface area contributed by atoms with Crippen molar-refractivity contribution in [2.75, 3.05) is 7.11 Å². The molecule has 3 rings (SSSR count). The number of carbonyl (C=O) groups excluding carboxylic acids is 1. The summed E-state index contributed by atoms with van der Waals surface area (Å²) < 4.78 is 19.0. The Labute approximate surface area is 132 Å². The van der Waals surface area contributed by atoms with E-state index in [1.165, 1.54) is 30.0 Å². The molecule has 1 aromatic heterocycles. The van der Waals surface area contributed by atoms with Crippen LogP contribution >= 0.6 is 0 Å². The lowest BCUT2D eigenvalue weighted by atomic mass is 10.2. The number of nitrogens with zero attached hydrogens (tertiary/aromatic N) is 2. The van der Waals surface area contributed by atoms with Gasteiger partial charge in [0.15, 0.2) is 0 Å². The van der Waals surface area contributed by atoms with Crippen LogP contribution < -0.4 is 5.56 Å². The summed E-state index contributed by atoms with van der Waals surface area (Å²) in [6.45, 7) is 0. The maximum absolute atomic E-state index is 12.9. The monoisotopic (exact) mass is 314 g/mol. The Morgan fingerprint density at radius 1 is 1.35 bits per heavy atom. The number of ether oxygens (including phenoxy) is 1. The standard InChI is InChI=1S/C17H15FN2O3/c1-23-17(22)14-8-9-15-19-10-12(16(21)20(14)15)5-2-11-3-6-13(18)7-4-11/h2-7,10,14H,8-9H2,1H3/b5-2+/t14-/m0/s1. The predicted molar refractivity (Wildman–Crippen MR) is 83.2 cm³/mol. The number of rotatable bonds is 3. The summed E-state index contributed by atoms with van der Waals surface area (Å²) >= 11 is 0. The number of hydrogen-bond acceptors (Lipinski definition) is 4. The van der Waals surface area contributed by atoms with E-state index in [-0.39, 0.29) is 11.4 Å². The average molecular weight is 314 g/mol. The molecular weight excluding hydrogens is 299 g/mol. The second-order valence-corrected chi connectivity index (χ2v) is 5.27. The van der Waals surface area contributed by atoms with E-state index in [0.29, 0.717) is 24.2 Å². The SMILES string of the molecule is COC(=O)[C@@H]1CCc2ncc(/C=C/c3ccc(F)cc3)c(=O)n21. The van der Waals surface area contributed by atoms with Gasteiger partial charge >= 0.3 is 5.97 Å². The van der Waals surface area contributed by atoms with E-state index < -0.39 is 12.0 Å². The van der Waals surface area contributed by atoms with Gasteiger partial charge in [-0.2, -0.15) is 0 Å². The molecule has 0 saturated heterocycles. The Hall–Kier alpha value is -2.76. The predicted octanol–water partition coefficient (Wildman–Crippen LogP) is 2.21. The van der Waals surface area contributed by atoms with Crippen molar-refractivity contribution >= 4 is 18.1 Å². The van der Waals surface area contributed by atoms with Crippen molar-refractivity contribution < 1.29 is 13.9 Å². The third kappa shape index (κ3) is 2.92. The molecule has 0 fully saturated rings. The van der Waals surface area contributed by atoms with Crippen LogP contribution in [0.4, 0.5) is 4.39 Å². The minimum absolute atomic E-state index is 0.277. The lowest BCUT2D eigenvalue weighted by Gasteiger charge is -2.11. The van der Waals surface area contributed by atoms with Crippen LogP contribution in [0.1, 0.15) is 29.4 Å². The number of aromatic nitrogens is 2. The summed E-state index contributed by atoms with van der Waals surface area (Å²) in [6, 6.07) is 5.30. The summed E-state index contributed by atoms with van der Waals surface area (Å²) in [5.74, 6) is -0.168. The van der Waals surface area contributed by atoms with Crippen molar-refractivity contribution in [2.24, 2.45) is 0 Å². The van der Waals surface area contributed by atoms with Gasteiger partial charge in [-0.25, -0.2) is 14.2 Å². The normalized spacial score (nSPS) is 16.5. The summed E-state index contributed by atoms with van der Waals surface area (Å²) in [6.07, 6.45) is 5.89. The molecule has 2 heterocycles. The average Bonchev–Trinajstić information content (AvgIpc) is 3.00. The number of carbonyl (C=O) groups is 1. The van der Waals surface area contributed by atoms with Crippen LogP contribution in [-0.4, -0.2) is 22.6 Å². The van der Waals surface area contributed by atoms with Gasteiger partial charge < -0.3 is 4.74 Å². The number of halogens is 1. The van der Waals surface area contributed by atoms with E-state index in [1.807, 2.05) is 0 Å². The quantitative estimate of drug-likeness (QED) is 0.815. The van der Waals surface area contributed by atoms with Gasteiger partial charge in [0, 0.05) is 12.6 Å². The molecule has 0 N–H and O–H groups in total. The van der Waals surface area contributed by atoms with Gasteiger partial charge in [0.05, 0.1) is 12.7 Å². The van der Waals surface area contributed by atoms with E-state index in [9.17, 15) is 14.0 Å². The fourth-order valence-corrected chi connectivity index (χ4v) is 2.65. The summed E-state index contributed by atoms with van der Waals surface area (Å²) in [5.41, 5.74) is 0.857. The van der Waals surface area contributed by atoms with Crippen molar-refractivity contribution in [1.29, 1.82) is 0 Å². The minimum Gasteiger partial charge on any atom is -0.467 e. The molecule has 1 aliphatic heterocycles. The van der Waals surface area contributed by atoms with Gasteiger partial charge in [-0.15, -0.1) is 0 Å². The van der Waals surface area contributed by atoms with Crippen molar-refractivity contribution in [1.82, 2.24) is 9.55 Å². The maximum atomic E-state index is 12.9. The lowest BCUT2D eigenvalue weighted by molar-refractivity contribution is -0.144. The lowest BCUT2D eigenvalue weighted by Crippen LogP contribution is -2.30. The zero-order chi connectivity index (χ0) is 16.4. The van der Waals surface area contributed by atoms with E-state index in [2.05, 4.69) is 4.98 Å². The molecule has 0 bridgehead atoms. The molecule has 2 aromatic rings. The highest BCUT2D eigenvalue weighted by molar-refractivity contribution is 5.75. The Kier molecular flexibility index (Phi) is 4.06. The fraction of sp³-hybridized carbons (Fsp3) is 0.235. The van der Waals surface area contributed by atoms with Gasteiger partial charge in [-0.3, -0.25) is 9.36 Å². The number of fused-ring (bicyclic) bond motifs is 1. The Morgan fingerprint density at radius 2 is 2.09 bits per heavy atom. The van der Waals surface area contributed by atoms with Crippen LogP contribution in [0.3, 0.4) is 0 Å². The van der Waals surface area contributed by atoms with Gasteiger partial charge in [-0.1, -0.05) is 18.2 Å². The Balaban J connectivity index is 1.95. The van der Waals surface area contributed by atoms with Crippen molar-refractivity contribution in [3.05, 3.63) is 63.6 Å². The summed E-state index contributed by atoms with van der Waals surface area (Å²) in [5, 5.41) is 0. The second-order valence-electron chi connectivity index (χ2n) is 5.27. The highest BCUT2D eigenvalue weighted by Gasteiger charge is 2.31. The third-order valence-corrected chi connectivity index (χ3v) is 3.85. The van der Waals surface area contributed by atoms with Gasteiger partial charge in [0.1, 0.15) is 17.7 Å². The topological polar surface area (TPSA) is 61.2 Å². The number of methoxy groups -OCH3 is 1. The molecule has 0 amide bonds. The van der Waals surface area contributed by atoms with Crippen molar-refractivity contribution in [3.63, 3.8) is 0 Å². The van der Waals surface area contributed by atoms with Crippen molar-refractivity contribution in [2.45, 2.75) is 18.9 Å². The first kappa shape index (κ1) is 15.1. The number of hydrogen-bond donors (Lipinski definition) is 0. The highest BCUT2D eigenvalue weighted by atomic mass is 19.1. The van der Waals surface area contributed by atoms with E-state index in [0.717, 1.165) is 5.56 Å². The van der Waals surface area contributed by atoms with E-state index in [4.69, 9.17) is 4.74 Å². The smallest absolute Gasteiger partial charge is 0.329 e. The molecule has 1 atom stereocenters. The molecule has 0 unspecified atom stereocenters. The molecule has 0 radical (unpaired) electrons. The molecule has 23 heavy (non-hydrogen) atoms. The molecule has 0 saturated carbocycles. The number of aryl methyl sites for hydroxylation is 1. The van der Waals surface area contributed by atoms with Crippen LogP contribution in [-0.2, 0) is 16.0 Å². The zero-order valence-electron chi connectivity index (χ0n) is 12.5. The number of benzene rings is 1. The van der Waals surface area contributed by atoms with Crippen LogP contribution in [0.2, 0.25) is 0 Å². The second kappa shape index (κ2) is 6.16. The maximum Gasteiger partial charge on any atom is 0.329 e. The van der Waals surface area contributed by atoms with Crippen LogP contribution in [0.25, 0.3) is 12.2 Å². The molecule has 6 heteroatoms. The summed E-state index contributed by atoms with van der Waals surface area (Å²) in [7, 11) is 1.30. The fourth-order valence-electron chi connectivity index (χ4n) is 2.65. The van der Waals surface area contributed by atoms with Crippen LogP contribution in [0.5, 0.6) is 0 Å². The van der Waals surface area contributed by atoms with Gasteiger partial charge in [0.25, 0.3) is 5.56 Å². The molecule has 118 valence electrons. The van der Waals surface area contributed by atoms with Crippen LogP contribution in [0.15, 0.2) is 35.3 Å². The minimum atomic E-state index is -0.617. The molecule has 0 aliphatic carbocycles. The summed E-state index contributed by atoms with van der Waals surface area (Å²) in [4.78, 5) is 28.6. The molecule has 1 aliphatic rings. The molecular formula is C17H15FN2O3. The Morgan fingerprint density at radius 3 is 2.78 bits per heavy atom. The van der Waals surface area contributed by atoms with Crippen LogP contribution in [0, 0.1) is 5.82 Å².